The topological polar surface area (TPSA) is 105 Å². The Kier molecular flexibility index (Phi) is 8.05. The van der Waals surface area contributed by atoms with Gasteiger partial charge in [0.2, 0.25) is 0 Å². The van der Waals surface area contributed by atoms with Crippen LogP contribution in [-0.2, 0) is 4.79 Å². The fraction of sp³-hybridized carbons (Fsp3) is 0.320. The molecule has 190 valence electrons. The van der Waals surface area contributed by atoms with E-state index in [1.54, 1.807) is 18.2 Å². The summed E-state index contributed by atoms with van der Waals surface area (Å²) in [6, 6.07) is 8.93. The Hall–Kier alpha value is -3.24. The van der Waals surface area contributed by atoms with Gasteiger partial charge in [0.05, 0.1) is 16.9 Å². The summed E-state index contributed by atoms with van der Waals surface area (Å²) in [5.41, 5.74) is -0.746. The van der Waals surface area contributed by atoms with Crippen LogP contribution in [0.4, 0.5) is 8.78 Å². The van der Waals surface area contributed by atoms with Crippen LogP contribution in [0.2, 0.25) is 5.02 Å². The van der Waals surface area contributed by atoms with Crippen molar-refractivity contribution >= 4 is 50.8 Å². The van der Waals surface area contributed by atoms with E-state index in [0.717, 1.165) is 22.2 Å². The number of benzene rings is 2. The van der Waals surface area contributed by atoms with E-state index in [-0.39, 0.29) is 30.9 Å². The molecule has 1 aliphatic rings. The largest absolute Gasteiger partial charge is 0.490 e. The van der Waals surface area contributed by atoms with E-state index in [1.807, 2.05) is 6.07 Å². The number of aliphatic carboxylic acids is 1. The summed E-state index contributed by atoms with van der Waals surface area (Å²) in [7, 11) is 0. The van der Waals surface area contributed by atoms with Crippen molar-refractivity contribution in [3.63, 3.8) is 0 Å². The van der Waals surface area contributed by atoms with Gasteiger partial charge in [-0.1, -0.05) is 17.7 Å². The first-order valence-electron chi connectivity index (χ1n) is 11.3. The zero-order chi connectivity index (χ0) is 25.8. The lowest BCUT2D eigenvalue weighted by Crippen LogP contribution is -2.35. The van der Waals surface area contributed by atoms with Crippen LogP contribution >= 0.6 is 22.9 Å². The predicted octanol–water partition coefficient (Wildman–Crippen LogP) is 5.01. The monoisotopic (exact) mass is 536 g/mol. The number of ether oxygens (including phenoxy) is 1. The van der Waals surface area contributed by atoms with Gasteiger partial charge in [0, 0.05) is 34.9 Å². The highest BCUT2D eigenvalue weighted by molar-refractivity contribution is 7.20. The smallest absolute Gasteiger partial charge is 0.306 e. The third kappa shape index (κ3) is 6.11. The molecule has 0 bridgehead atoms. The van der Waals surface area contributed by atoms with Gasteiger partial charge in [-0.15, -0.1) is 11.3 Å². The van der Waals surface area contributed by atoms with Crippen molar-refractivity contribution in [2.24, 2.45) is 5.92 Å². The molecule has 0 spiro atoms. The highest BCUT2D eigenvalue weighted by Gasteiger charge is 2.28. The summed E-state index contributed by atoms with van der Waals surface area (Å²) >= 11 is 7.25. The van der Waals surface area contributed by atoms with Crippen LogP contribution in [-0.4, -0.2) is 42.1 Å². The molecular weight excluding hydrogens is 514 g/mol. The molecule has 2 aromatic carbocycles. The Morgan fingerprint density at radius 3 is 2.25 bits per heavy atom. The van der Waals surface area contributed by atoms with Crippen molar-refractivity contribution in [2.75, 3.05) is 13.1 Å². The minimum Gasteiger partial charge on any atom is -0.490 e. The fourth-order valence-electron chi connectivity index (χ4n) is 4.10. The molecule has 1 aromatic heterocycles. The number of fused-ring (bicyclic) bond motifs is 1. The number of hydrogen-bond acceptors (Lipinski definition) is 5. The molecular formula is C25H23ClF2N2O5S. The first-order valence-corrected chi connectivity index (χ1v) is 12.5. The predicted molar refractivity (Wildman–Crippen MR) is 132 cm³/mol. The number of halogens is 3. The SMILES string of the molecule is O=C(NCCNC(=O)c1c(F)cc(O[C@H]2CC[C@@H](C(=O)O)CC2)cc1F)c1cc2ccc(Cl)cc2s1. The van der Waals surface area contributed by atoms with Gasteiger partial charge in [-0.25, -0.2) is 8.78 Å². The van der Waals surface area contributed by atoms with Crippen molar-refractivity contribution in [3.8, 4) is 5.75 Å². The Morgan fingerprint density at radius 2 is 1.61 bits per heavy atom. The average Bonchev–Trinajstić information content (AvgIpc) is 3.25. The quantitative estimate of drug-likeness (QED) is 0.351. The van der Waals surface area contributed by atoms with Crippen LogP contribution in [0.3, 0.4) is 0 Å². The average molecular weight is 537 g/mol. The number of carbonyl (C=O) groups is 3. The highest BCUT2D eigenvalue weighted by atomic mass is 35.5. The minimum atomic E-state index is -1.07. The van der Waals surface area contributed by atoms with Crippen molar-refractivity contribution in [1.82, 2.24) is 10.6 Å². The second kappa shape index (κ2) is 11.2. The van der Waals surface area contributed by atoms with Crippen LogP contribution in [0.25, 0.3) is 10.1 Å². The Balaban J connectivity index is 1.27. The maximum absolute atomic E-state index is 14.5. The van der Waals surface area contributed by atoms with E-state index in [9.17, 15) is 23.2 Å². The molecule has 1 fully saturated rings. The lowest BCUT2D eigenvalue weighted by Gasteiger charge is -2.26. The molecule has 0 radical (unpaired) electrons. The summed E-state index contributed by atoms with van der Waals surface area (Å²) < 4.78 is 35.6. The van der Waals surface area contributed by atoms with Crippen LogP contribution in [0.15, 0.2) is 36.4 Å². The zero-order valence-electron chi connectivity index (χ0n) is 19.0. The first kappa shape index (κ1) is 25.8. The van der Waals surface area contributed by atoms with Crippen molar-refractivity contribution < 1.29 is 33.0 Å². The van der Waals surface area contributed by atoms with Gasteiger partial charge in [-0.05, 0) is 49.3 Å². The van der Waals surface area contributed by atoms with Crippen molar-refractivity contribution in [2.45, 2.75) is 31.8 Å². The van der Waals surface area contributed by atoms with Crippen LogP contribution < -0.4 is 15.4 Å². The molecule has 0 aliphatic heterocycles. The second-order valence-corrected chi connectivity index (χ2v) is 10.0. The highest BCUT2D eigenvalue weighted by Crippen LogP contribution is 2.30. The van der Waals surface area contributed by atoms with Crippen molar-refractivity contribution in [1.29, 1.82) is 0 Å². The van der Waals surface area contributed by atoms with Crippen LogP contribution in [0.5, 0.6) is 5.75 Å². The van der Waals surface area contributed by atoms with E-state index >= 15 is 0 Å². The molecule has 2 amide bonds. The van der Waals surface area contributed by atoms with E-state index in [0.29, 0.717) is 35.6 Å². The van der Waals surface area contributed by atoms with E-state index in [1.165, 1.54) is 11.3 Å². The molecule has 0 saturated heterocycles. The summed E-state index contributed by atoms with van der Waals surface area (Å²) in [5.74, 6) is -4.78. The number of rotatable bonds is 8. The van der Waals surface area contributed by atoms with Gasteiger partial charge in [-0.2, -0.15) is 0 Å². The summed E-state index contributed by atoms with van der Waals surface area (Å²) in [5, 5.41) is 15.6. The molecule has 1 saturated carbocycles. The summed E-state index contributed by atoms with van der Waals surface area (Å²) in [6.07, 6.45) is 1.44. The molecule has 0 atom stereocenters. The fourth-order valence-corrected chi connectivity index (χ4v) is 5.35. The second-order valence-electron chi connectivity index (χ2n) is 8.50. The van der Waals surface area contributed by atoms with Crippen LogP contribution in [0.1, 0.15) is 45.7 Å². The Labute approximate surface area is 214 Å². The van der Waals surface area contributed by atoms with Gasteiger partial charge < -0.3 is 20.5 Å². The number of carboxylic acid groups (broad SMARTS) is 1. The normalized spacial score (nSPS) is 17.5. The number of thiophene rings is 1. The zero-order valence-corrected chi connectivity index (χ0v) is 20.6. The molecule has 7 nitrogen and oxygen atoms in total. The summed E-state index contributed by atoms with van der Waals surface area (Å²) in [6.45, 7) is 0.0221. The van der Waals surface area contributed by atoms with Crippen LogP contribution in [0, 0.1) is 17.6 Å². The third-order valence-electron chi connectivity index (χ3n) is 5.97. The molecule has 3 aromatic rings. The number of amides is 2. The maximum atomic E-state index is 14.5. The number of hydrogen-bond donors (Lipinski definition) is 3. The first-order chi connectivity index (χ1) is 17.2. The van der Waals surface area contributed by atoms with Gasteiger partial charge >= 0.3 is 5.97 Å². The number of carbonyl (C=O) groups excluding carboxylic acids is 2. The van der Waals surface area contributed by atoms with E-state index < -0.39 is 35.0 Å². The number of carboxylic acids is 1. The third-order valence-corrected chi connectivity index (χ3v) is 7.30. The minimum absolute atomic E-state index is 0.0365. The lowest BCUT2D eigenvalue weighted by molar-refractivity contribution is -0.143. The maximum Gasteiger partial charge on any atom is 0.306 e. The molecule has 36 heavy (non-hydrogen) atoms. The molecule has 0 unspecified atom stereocenters. The molecule has 1 heterocycles. The van der Waals surface area contributed by atoms with E-state index in [2.05, 4.69) is 10.6 Å². The Bertz CT molecular complexity index is 1280. The Morgan fingerprint density at radius 1 is 0.972 bits per heavy atom. The molecule has 11 heteroatoms. The van der Waals surface area contributed by atoms with Gasteiger partial charge in [0.15, 0.2) is 0 Å². The lowest BCUT2D eigenvalue weighted by atomic mass is 9.87. The summed E-state index contributed by atoms with van der Waals surface area (Å²) in [4.78, 5) is 36.2. The van der Waals surface area contributed by atoms with Gasteiger partial charge in [0.1, 0.15) is 22.9 Å². The number of nitrogens with one attached hydrogen (secondary N) is 2. The van der Waals surface area contributed by atoms with Gasteiger partial charge in [-0.3, -0.25) is 14.4 Å². The molecule has 4 rings (SSSR count). The van der Waals surface area contributed by atoms with E-state index in [4.69, 9.17) is 21.4 Å². The molecule has 3 N–H and O–H groups in total. The van der Waals surface area contributed by atoms with Crippen molar-refractivity contribution in [3.05, 3.63) is 63.5 Å². The van der Waals surface area contributed by atoms with Gasteiger partial charge in [0.25, 0.3) is 11.8 Å². The molecule has 1 aliphatic carbocycles. The standard InChI is InChI=1S/C25H23ClF2N2O5S/c26-15-4-1-14-9-21(36-20(14)10-15)23(31)29-7-8-30-24(32)22-18(27)11-17(12-19(22)28)35-16-5-2-13(3-6-16)25(33)34/h1,4,9-13,16H,2-3,5-8H2,(H,29,31)(H,30,32)(H,33,34)/t13-,16+.